The highest BCUT2D eigenvalue weighted by Crippen LogP contribution is 2.21. The van der Waals surface area contributed by atoms with Crippen LogP contribution in [0.3, 0.4) is 0 Å². The van der Waals surface area contributed by atoms with Crippen molar-refractivity contribution in [1.82, 2.24) is 4.98 Å². The molecule has 1 rings (SSSR count). The Hall–Kier alpha value is -1.21. The van der Waals surface area contributed by atoms with Gasteiger partial charge in [-0.05, 0) is 43.9 Å². The molecule has 92 valence electrons. The molecule has 1 atom stereocenters. The topological polar surface area (TPSA) is 39.9 Å². The van der Waals surface area contributed by atoms with Crippen molar-refractivity contribution in [2.75, 3.05) is 24.0 Å². The second-order valence-corrected chi connectivity index (χ2v) is 5.17. The second-order valence-electron chi connectivity index (χ2n) is 4.18. The molecule has 0 aliphatic heterocycles. The molecule has 1 heterocycles. The lowest BCUT2D eigenvalue weighted by molar-refractivity contribution is 0.661. The van der Waals surface area contributed by atoms with Crippen molar-refractivity contribution < 1.29 is 0 Å². The van der Waals surface area contributed by atoms with Crippen LogP contribution in [-0.2, 0) is 0 Å². The Morgan fingerprint density at radius 3 is 2.88 bits per heavy atom. The van der Waals surface area contributed by atoms with Gasteiger partial charge in [0, 0.05) is 19.3 Å². The number of thioether (sulfide) groups is 1. The van der Waals surface area contributed by atoms with E-state index in [1.807, 2.05) is 31.8 Å². The molecular weight excluding hydrogens is 230 g/mol. The molecule has 0 N–H and O–H groups in total. The maximum absolute atomic E-state index is 9.19. The quantitative estimate of drug-likeness (QED) is 0.804. The van der Waals surface area contributed by atoms with Crippen LogP contribution < -0.4 is 4.90 Å². The van der Waals surface area contributed by atoms with Crippen LogP contribution in [0.1, 0.15) is 24.5 Å². The summed E-state index contributed by atoms with van der Waals surface area (Å²) in [5.41, 5.74) is 1.67. The Bertz CT molecular complexity index is 412. The van der Waals surface area contributed by atoms with Crippen LogP contribution in [0.15, 0.2) is 12.3 Å². The minimum atomic E-state index is 0.392. The largest absolute Gasteiger partial charge is 0.356 e. The molecule has 0 amide bonds. The zero-order chi connectivity index (χ0) is 12.8. The number of aromatic nitrogens is 1. The second kappa shape index (κ2) is 6.51. The summed E-state index contributed by atoms with van der Waals surface area (Å²) in [5, 5.41) is 9.19. The van der Waals surface area contributed by atoms with Crippen LogP contribution in [0, 0.1) is 18.3 Å². The first-order valence-electron chi connectivity index (χ1n) is 5.69. The molecule has 3 nitrogen and oxygen atoms in total. The fraction of sp³-hybridized carbons (Fsp3) is 0.538. The summed E-state index contributed by atoms with van der Waals surface area (Å²) >= 11 is 1.84. The smallest absolute Gasteiger partial charge is 0.146 e. The van der Waals surface area contributed by atoms with E-state index >= 15 is 0 Å². The number of nitriles is 1. The summed E-state index contributed by atoms with van der Waals surface area (Å²) in [7, 11) is 2.01. The third kappa shape index (κ3) is 3.37. The van der Waals surface area contributed by atoms with Crippen LogP contribution >= 0.6 is 11.8 Å². The van der Waals surface area contributed by atoms with E-state index in [0.717, 1.165) is 23.6 Å². The first kappa shape index (κ1) is 13.9. The summed E-state index contributed by atoms with van der Waals surface area (Å²) in [4.78, 5) is 6.44. The number of rotatable bonds is 5. The minimum absolute atomic E-state index is 0.392. The Morgan fingerprint density at radius 1 is 1.59 bits per heavy atom. The van der Waals surface area contributed by atoms with Gasteiger partial charge in [0.15, 0.2) is 0 Å². The lowest BCUT2D eigenvalue weighted by atomic mass is 10.1. The first-order chi connectivity index (χ1) is 8.11. The molecule has 17 heavy (non-hydrogen) atoms. The first-order valence-corrected chi connectivity index (χ1v) is 7.08. The molecule has 0 bridgehead atoms. The van der Waals surface area contributed by atoms with E-state index in [0.29, 0.717) is 11.6 Å². The highest BCUT2D eigenvalue weighted by atomic mass is 32.2. The number of anilines is 1. The number of hydrogen-bond donors (Lipinski definition) is 0. The molecule has 0 saturated carbocycles. The van der Waals surface area contributed by atoms with Crippen molar-refractivity contribution in [3.63, 3.8) is 0 Å². The number of nitrogens with zero attached hydrogens (tertiary/aromatic N) is 3. The van der Waals surface area contributed by atoms with Gasteiger partial charge in [-0.1, -0.05) is 0 Å². The molecule has 0 fully saturated rings. The van der Waals surface area contributed by atoms with Crippen molar-refractivity contribution in [2.45, 2.75) is 26.3 Å². The number of aryl methyl sites for hydroxylation is 1. The van der Waals surface area contributed by atoms with E-state index in [1.165, 1.54) is 0 Å². The molecule has 0 aliphatic carbocycles. The molecular formula is C13H19N3S. The highest BCUT2D eigenvalue weighted by molar-refractivity contribution is 7.98. The van der Waals surface area contributed by atoms with Gasteiger partial charge in [0.25, 0.3) is 0 Å². The van der Waals surface area contributed by atoms with Crippen LogP contribution in [0.25, 0.3) is 0 Å². The Labute approximate surface area is 108 Å². The predicted octanol–water partition coefficient (Wildman–Crippen LogP) is 2.84. The average molecular weight is 249 g/mol. The van der Waals surface area contributed by atoms with E-state index in [9.17, 15) is 5.26 Å². The summed E-state index contributed by atoms with van der Waals surface area (Å²) in [6, 6.07) is 4.52. The van der Waals surface area contributed by atoms with Gasteiger partial charge < -0.3 is 4.90 Å². The molecule has 0 aromatic carbocycles. The summed E-state index contributed by atoms with van der Waals surface area (Å²) in [6.45, 7) is 4.12. The average Bonchev–Trinajstić information content (AvgIpc) is 2.34. The third-order valence-corrected chi connectivity index (χ3v) is 3.63. The normalized spacial score (nSPS) is 11.9. The fourth-order valence-electron chi connectivity index (χ4n) is 1.64. The SMILES string of the molecule is CSCCC(C)N(C)c1nccc(C)c1C#N. The highest BCUT2D eigenvalue weighted by Gasteiger charge is 2.15. The van der Waals surface area contributed by atoms with Gasteiger partial charge in [-0.25, -0.2) is 4.98 Å². The number of hydrogen-bond acceptors (Lipinski definition) is 4. The Kier molecular flexibility index (Phi) is 5.30. The lowest BCUT2D eigenvalue weighted by Gasteiger charge is -2.26. The fourth-order valence-corrected chi connectivity index (χ4v) is 2.22. The van der Waals surface area contributed by atoms with Crippen LogP contribution in [-0.4, -0.2) is 30.1 Å². The van der Waals surface area contributed by atoms with Crippen molar-refractivity contribution in [3.05, 3.63) is 23.4 Å². The molecule has 1 aromatic heterocycles. The van der Waals surface area contributed by atoms with Gasteiger partial charge in [-0.15, -0.1) is 0 Å². The monoisotopic (exact) mass is 249 g/mol. The predicted molar refractivity (Wildman–Crippen MR) is 74.6 cm³/mol. The number of pyridine rings is 1. The van der Waals surface area contributed by atoms with Gasteiger partial charge in [-0.3, -0.25) is 0 Å². The molecule has 0 aliphatic rings. The van der Waals surface area contributed by atoms with Gasteiger partial charge in [-0.2, -0.15) is 17.0 Å². The van der Waals surface area contributed by atoms with Gasteiger partial charge in [0.05, 0.1) is 5.56 Å². The Balaban J connectivity index is 2.92. The minimum Gasteiger partial charge on any atom is -0.356 e. The molecule has 1 unspecified atom stereocenters. The van der Waals surface area contributed by atoms with Crippen molar-refractivity contribution in [1.29, 1.82) is 5.26 Å². The maximum Gasteiger partial charge on any atom is 0.146 e. The van der Waals surface area contributed by atoms with E-state index in [-0.39, 0.29) is 0 Å². The Morgan fingerprint density at radius 2 is 2.29 bits per heavy atom. The zero-order valence-corrected chi connectivity index (χ0v) is 11.7. The van der Waals surface area contributed by atoms with E-state index in [2.05, 4.69) is 29.1 Å². The van der Waals surface area contributed by atoms with Gasteiger partial charge >= 0.3 is 0 Å². The molecule has 0 radical (unpaired) electrons. The standard InChI is InChI=1S/C13H19N3S/c1-10-5-7-15-13(12(10)9-14)16(3)11(2)6-8-17-4/h5,7,11H,6,8H2,1-4H3. The maximum atomic E-state index is 9.19. The van der Waals surface area contributed by atoms with Crippen molar-refractivity contribution >= 4 is 17.6 Å². The van der Waals surface area contributed by atoms with E-state index in [4.69, 9.17) is 0 Å². The third-order valence-electron chi connectivity index (χ3n) is 2.99. The van der Waals surface area contributed by atoms with Crippen LogP contribution in [0.2, 0.25) is 0 Å². The summed E-state index contributed by atoms with van der Waals surface area (Å²) in [6.07, 6.45) is 4.97. The summed E-state index contributed by atoms with van der Waals surface area (Å²) < 4.78 is 0. The van der Waals surface area contributed by atoms with Crippen LogP contribution in [0.4, 0.5) is 5.82 Å². The van der Waals surface area contributed by atoms with E-state index < -0.39 is 0 Å². The molecule has 1 aromatic rings. The zero-order valence-electron chi connectivity index (χ0n) is 10.9. The summed E-state index contributed by atoms with van der Waals surface area (Å²) in [5.74, 6) is 1.92. The molecule has 0 saturated heterocycles. The lowest BCUT2D eigenvalue weighted by Crippen LogP contribution is -2.30. The van der Waals surface area contributed by atoms with Gasteiger partial charge in [0.2, 0.25) is 0 Å². The van der Waals surface area contributed by atoms with Crippen molar-refractivity contribution in [2.24, 2.45) is 0 Å². The van der Waals surface area contributed by atoms with E-state index in [1.54, 1.807) is 6.20 Å². The molecule has 4 heteroatoms. The van der Waals surface area contributed by atoms with Crippen molar-refractivity contribution in [3.8, 4) is 6.07 Å². The van der Waals surface area contributed by atoms with Crippen LogP contribution in [0.5, 0.6) is 0 Å². The van der Waals surface area contributed by atoms with Gasteiger partial charge in [0.1, 0.15) is 11.9 Å². The molecule has 0 spiro atoms.